The van der Waals surface area contributed by atoms with E-state index < -0.39 is 42.4 Å². The van der Waals surface area contributed by atoms with Crippen LogP contribution in [0.1, 0.15) is 139 Å². The monoisotopic (exact) mass is 1060 g/mol. The van der Waals surface area contributed by atoms with Gasteiger partial charge in [0.05, 0.1) is 70.3 Å². The molecule has 0 spiro atoms. The van der Waals surface area contributed by atoms with Crippen molar-refractivity contribution in [3.63, 3.8) is 0 Å². The van der Waals surface area contributed by atoms with Crippen LogP contribution >= 0.6 is 23.2 Å². The Morgan fingerprint density at radius 3 is 1.16 bits per heavy atom. The Kier molecular flexibility index (Phi) is 20.6. The first kappa shape index (κ1) is 57.5. The molecule has 392 valence electrons. The van der Waals surface area contributed by atoms with Gasteiger partial charge in [0.1, 0.15) is 47.6 Å². The highest BCUT2D eigenvalue weighted by Gasteiger charge is 2.41. The summed E-state index contributed by atoms with van der Waals surface area (Å²) in [5, 5.41) is 16.1. The van der Waals surface area contributed by atoms with Gasteiger partial charge in [-0.2, -0.15) is 0 Å². The highest BCUT2D eigenvalue weighted by Crippen LogP contribution is 2.41. The van der Waals surface area contributed by atoms with Crippen LogP contribution in [0.2, 0.25) is 10.0 Å². The smallest absolute Gasteiger partial charge is 0.163 e. The standard InChI is InChI=1S/2C22H34ClN5O6S/c2*1-14(19(33-6)20-24-9-15(23)10-25-20)35(29,30)13-18-26-27-21(17-7-8-22(2,3)34-17)28(18)16(11-31-4)12-32-5/h2*9-10,14,16-17,19H,7-8,11-13H2,1-6H3/t14-,17+,19-;14-,17-,19-/m00/s1. The Balaban J connectivity index is 0.000000261. The molecule has 0 amide bonds. The summed E-state index contributed by atoms with van der Waals surface area (Å²) in [7, 11) is 1.58. The van der Waals surface area contributed by atoms with Crippen molar-refractivity contribution < 1.29 is 54.7 Å². The van der Waals surface area contributed by atoms with E-state index in [-0.39, 0.29) is 96.7 Å². The maximum absolute atomic E-state index is 13.5. The Morgan fingerprint density at radius 2 is 0.900 bits per heavy atom. The molecule has 6 atom stereocenters. The van der Waals surface area contributed by atoms with Crippen LogP contribution in [0.5, 0.6) is 0 Å². The molecule has 4 aromatic rings. The second kappa shape index (κ2) is 25.0. The van der Waals surface area contributed by atoms with Crippen LogP contribution < -0.4 is 0 Å². The van der Waals surface area contributed by atoms with E-state index >= 15 is 0 Å². The van der Waals surface area contributed by atoms with Gasteiger partial charge in [0.2, 0.25) is 0 Å². The molecule has 0 aromatic carbocycles. The van der Waals surface area contributed by atoms with Gasteiger partial charge in [0, 0.05) is 67.4 Å². The number of rotatable bonds is 24. The van der Waals surface area contributed by atoms with E-state index in [0.29, 0.717) is 21.7 Å². The van der Waals surface area contributed by atoms with E-state index in [1.165, 1.54) is 39.0 Å². The Morgan fingerprint density at radius 1 is 0.586 bits per heavy atom. The summed E-state index contributed by atoms with van der Waals surface area (Å²) in [4.78, 5) is 16.6. The molecule has 0 radical (unpaired) electrons. The number of ether oxygens (including phenoxy) is 8. The molecule has 22 nitrogen and oxygen atoms in total. The predicted molar refractivity (Wildman–Crippen MR) is 258 cm³/mol. The number of methoxy groups -OCH3 is 6. The summed E-state index contributed by atoms with van der Waals surface area (Å²) >= 11 is 11.8. The third kappa shape index (κ3) is 14.4. The van der Waals surface area contributed by atoms with Gasteiger partial charge in [-0.05, 0) is 67.2 Å². The van der Waals surface area contributed by atoms with Gasteiger partial charge in [0.25, 0.3) is 0 Å². The van der Waals surface area contributed by atoms with Crippen LogP contribution in [0, 0.1) is 0 Å². The molecule has 0 aliphatic carbocycles. The second-order valence-corrected chi connectivity index (χ2v) is 24.1. The number of sulfone groups is 2. The normalized spacial score (nSPS) is 19.8. The van der Waals surface area contributed by atoms with Crippen LogP contribution in [0.3, 0.4) is 0 Å². The molecule has 2 aliphatic rings. The van der Waals surface area contributed by atoms with E-state index in [1.807, 2.05) is 27.7 Å². The fourth-order valence-corrected chi connectivity index (χ4v) is 11.6. The molecule has 2 fully saturated rings. The maximum atomic E-state index is 13.5. The fraction of sp³-hybridized carbons (Fsp3) is 0.727. The second-order valence-electron chi connectivity index (χ2n) is 18.5. The Labute approximate surface area is 421 Å². The van der Waals surface area contributed by atoms with E-state index in [2.05, 4.69) is 40.3 Å². The SMILES string of the molecule is COCC(COC)n1c(CS(=O)(=O)[C@@H](C)[C@H](OC)c2ncc(Cl)cn2)nnc1[C@@H]1CCC(C)(C)O1.COCC(COC)n1c(CS(=O)(=O)[C@@H](C)[C@H](OC)c2ncc(Cl)cn2)nnc1[C@H]1CCC(C)(C)O1. The minimum atomic E-state index is -3.79. The summed E-state index contributed by atoms with van der Waals surface area (Å²) in [6, 6.07) is -0.665. The lowest BCUT2D eigenvalue weighted by Crippen LogP contribution is -2.31. The predicted octanol–water partition coefficient (Wildman–Crippen LogP) is 5.75. The third-order valence-electron chi connectivity index (χ3n) is 12.2. The molecule has 6 rings (SSSR count). The lowest BCUT2D eigenvalue weighted by molar-refractivity contribution is -0.0240. The number of nitrogens with zero attached hydrogens (tertiary/aromatic N) is 10. The first-order valence-electron chi connectivity index (χ1n) is 22.7. The highest BCUT2D eigenvalue weighted by atomic mass is 35.5. The van der Waals surface area contributed by atoms with Gasteiger partial charge in [0.15, 0.2) is 43.0 Å². The van der Waals surface area contributed by atoms with Gasteiger partial charge in [-0.3, -0.25) is 0 Å². The molecule has 0 unspecified atom stereocenters. The summed E-state index contributed by atoms with van der Waals surface area (Å²) < 4.78 is 103. The number of hydrogen-bond acceptors (Lipinski definition) is 20. The first-order chi connectivity index (χ1) is 33.0. The molecule has 6 heterocycles. The van der Waals surface area contributed by atoms with Gasteiger partial charge >= 0.3 is 0 Å². The van der Waals surface area contributed by atoms with Crippen molar-refractivity contribution in [2.45, 2.75) is 137 Å². The third-order valence-corrected chi connectivity index (χ3v) is 16.7. The zero-order chi connectivity index (χ0) is 51.6. The molecular formula is C44H68Cl2N10O12S2. The zero-order valence-corrected chi connectivity index (χ0v) is 45.1. The maximum Gasteiger partial charge on any atom is 0.163 e. The minimum Gasteiger partial charge on any atom is -0.382 e. The van der Waals surface area contributed by atoms with E-state index in [4.69, 9.17) is 61.1 Å². The summed E-state index contributed by atoms with van der Waals surface area (Å²) in [5.41, 5.74) is -0.602. The lowest BCUT2D eigenvalue weighted by atomic mass is 10.1. The van der Waals surface area contributed by atoms with Crippen molar-refractivity contribution in [2.75, 3.05) is 69.1 Å². The zero-order valence-electron chi connectivity index (χ0n) is 41.9. The van der Waals surface area contributed by atoms with Crippen LogP contribution in [0.25, 0.3) is 0 Å². The van der Waals surface area contributed by atoms with Crippen molar-refractivity contribution >= 4 is 42.9 Å². The van der Waals surface area contributed by atoms with Gasteiger partial charge in [-0.1, -0.05) is 23.2 Å². The summed E-state index contributed by atoms with van der Waals surface area (Å²) in [5.74, 6) is 1.43. The van der Waals surface area contributed by atoms with Crippen molar-refractivity contribution in [1.29, 1.82) is 0 Å². The van der Waals surface area contributed by atoms with Crippen molar-refractivity contribution in [1.82, 2.24) is 49.5 Å². The molecule has 0 bridgehead atoms. The molecule has 0 saturated carbocycles. The quantitative estimate of drug-likeness (QED) is 0.0809. The van der Waals surface area contributed by atoms with Crippen molar-refractivity contribution in [3.8, 4) is 0 Å². The number of hydrogen-bond donors (Lipinski definition) is 0. The summed E-state index contributed by atoms with van der Waals surface area (Å²) in [6.07, 6.45) is 6.43. The molecule has 4 aromatic heterocycles. The number of aromatic nitrogens is 10. The lowest BCUT2D eigenvalue weighted by Gasteiger charge is -2.25. The van der Waals surface area contributed by atoms with Gasteiger partial charge < -0.3 is 47.0 Å². The van der Waals surface area contributed by atoms with Crippen molar-refractivity contribution in [3.05, 3.63) is 69.8 Å². The molecule has 70 heavy (non-hydrogen) atoms. The van der Waals surface area contributed by atoms with E-state index in [1.54, 1.807) is 51.4 Å². The van der Waals surface area contributed by atoms with E-state index in [0.717, 1.165) is 25.7 Å². The van der Waals surface area contributed by atoms with Crippen LogP contribution in [0.4, 0.5) is 0 Å². The highest BCUT2D eigenvalue weighted by molar-refractivity contribution is 7.91. The van der Waals surface area contributed by atoms with Crippen LogP contribution in [0.15, 0.2) is 24.8 Å². The Bertz CT molecular complexity index is 2320. The number of halogens is 2. The van der Waals surface area contributed by atoms with Crippen LogP contribution in [-0.2, 0) is 69.1 Å². The van der Waals surface area contributed by atoms with Crippen LogP contribution in [-0.4, -0.2) is 157 Å². The van der Waals surface area contributed by atoms with Gasteiger partial charge in [-0.25, -0.2) is 36.8 Å². The molecule has 26 heteroatoms. The largest absolute Gasteiger partial charge is 0.382 e. The first-order valence-corrected chi connectivity index (χ1v) is 26.9. The molecular weight excluding hydrogens is 996 g/mol. The topological polar surface area (TPSA) is 255 Å². The van der Waals surface area contributed by atoms with Gasteiger partial charge in [-0.15, -0.1) is 20.4 Å². The fourth-order valence-electron chi connectivity index (χ4n) is 8.55. The summed E-state index contributed by atoms with van der Waals surface area (Å²) in [6.45, 7) is 12.4. The molecule has 0 N–H and O–H groups in total. The molecule has 2 saturated heterocycles. The average molecular weight is 1060 g/mol. The van der Waals surface area contributed by atoms with E-state index in [9.17, 15) is 16.8 Å². The molecule has 2 aliphatic heterocycles. The average Bonchev–Trinajstić information content (AvgIpc) is 4.09. The Hall–Kier alpha value is -3.40. The van der Waals surface area contributed by atoms with Crippen molar-refractivity contribution in [2.24, 2.45) is 0 Å². The minimum absolute atomic E-state index is 0.230.